The van der Waals surface area contributed by atoms with E-state index in [1.165, 1.54) is 29.5 Å². The molecule has 0 saturated heterocycles. The van der Waals surface area contributed by atoms with Crippen molar-refractivity contribution in [3.63, 3.8) is 0 Å². The van der Waals surface area contributed by atoms with Crippen LogP contribution < -0.4 is 5.32 Å². The molecule has 1 N–H and O–H groups in total. The topological polar surface area (TPSA) is 29.1 Å². The fraction of sp³-hybridized carbons (Fsp3) is 0.350. The van der Waals surface area contributed by atoms with Gasteiger partial charge >= 0.3 is 0 Å². The molecule has 1 amide bonds. The highest BCUT2D eigenvalue weighted by molar-refractivity contribution is 5.89. The zero-order valence-electron chi connectivity index (χ0n) is 13.1. The molecule has 2 nitrogen and oxygen atoms in total. The van der Waals surface area contributed by atoms with E-state index in [1.807, 2.05) is 0 Å². The Kier molecular flexibility index (Phi) is 3.07. The van der Waals surface area contributed by atoms with Crippen molar-refractivity contribution in [2.24, 2.45) is 0 Å². The van der Waals surface area contributed by atoms with Crippen LogP contribution in [0.4, 0.5) is 5.69 Å². The summed E-state index contributed by atoms with van der Waals surface area (Å²) in [6.45, 7) is 3.66. The third kappa shape index (κ3) is 2.06. The number of anilines is 1. The molecule has 2 unspecified atom stereocenters. The largest absolute Gasteiger partial charge is 0.326 e. The zero-order valence-corrected chi connectivity index (χ0v) is 13.1. The average molecular weight is 291 g/mol. The molecule has 0 radical (unpaired) electrons. The maximum absolute atomic E-state index is 11.5. The lowest BCUT2D eigenvalue weighted by atomic mass is 9.79. The van der Waals surface area contributed by atoms with E-state index in [0.29, 0.717) is 17.8 Å². The first-order valence-corrected chi connectivity index (χ1v) is 8.10. The van der Waals surface area contributed by atoms with Gasteiger partial charge in [0.1, 0.15) is 0 Å². The minimum atomic E-state index is 0.00964. The van der Waals surface area contributed by atoms with Crippen LogP contribution in [-0.2, 0) is 4.79 Å². The highest BCUT2D eigenvalue weighted by Crippen LogP contribution is 2.60. The summed E-state index contributed by atoms with van der Waals surface area (Å²) in [5.41, 5.74) is 6.58. The first-order valence-electron chi connectivity index (χ1n) is 8.10. The standard InChI is InChI=1S/C20H21NO/c1-12-7-8-17(20(9-12)21-13(2)22)19-11-14-10-18(19)16-6-4-3-5-15(14)16/h3-9,14,18-19H,10-11H2,1-2H3,(H,21,22)/t14?,18?,19-/m1/s1. The number of carbonyl (C=O) groups excluding carboxylic acids is 1. The summed E-state index contributed by atoms with van der Waals surface area (Å²) in [7, 11) is 0. The number of hydrogen-bond acceptors (Lipinski definition) is 1. The van der Waals surface area contributed by atoms with Gasteiger partial charge in [0, 0.05) is 12.6 Å². The Morgan fingerprint density at radius 1 is 1.00 bits per heavy atom. The molecule has 0 aromatic heterocycles. The molecule has 1 fully saturated rings. The molecular weight excluding hydrogens is 270 g/mol. The quantitative estimate of drug-likeness (QED) is 0.853. The van der Waals surface area contributed by atoms with Crippen LogP contribution in [0.5, 0.6) is 0 Å². The fourth-order valence-corrected chi connectivity index (χ4v) is 4.49. The predicted molar refractivity (Wildman–Crippen MR) is 89.4 cm³/mol. The Balaban J connectivity index is 1.74. The molecule has 0 heterocycles. The van der Waals surface area contributed by atoms with E-state index in [1.54, 1.807) is 12.5 Å². The second-order valence-electron chi connectivity index (χ2n) is 6.78. The highest BCUT2D eigenvalue weighted by atomic mass is 16.1. The number of amides is 1. The number of nitrogens with one attached hydrogen (secondary N) is 1. The van der Waals surface area contributed by atoms with Gasteiger partial charge < -0.3 is 5.32 Å². The number of hydrogen-bond donors (Lipinski definition) is 1. The lowest BCUT2D eigenvalue weighted by molar-refractivity contribution is -0.114. The lowest BCUT2D eigenvalue weighted by Gasteiger charge is -2.27. The van der Waals surface area contributed by atoms with Crippen LogP contribution in [0.3, 0.4) is 0 Å². The molecule has 2 heteroatoms. The molecule has 4 rings (SSSR count). The summed E-state index contributed by atoms with van der Waals surface area (Å²) >= 11 is 0. The molecule has 3 atom stereocenters. The van der Waals surface area contributed by atoms with Crippen molar-refractivity contribution in [3.8, 4) is 0 Å². The third-order valence-corrected chi connectivity index (χ3v) is 5.32. The Hall–Kier alpha value is -2.09. The summed E-state index contributed by atoms with van der Waals surface area (Å²) in [6.07, 6.45) is 2.47. The van der Waals surface area contributed by atoms with Gasteiger partial charge in [-0.3, -0.25) is 4.79 Å². The molecule has 2 aliphatic carbocycles. The van der Waals surface area contributed by atoms with E-state index in [9.17, 15) is 4.79 Å². The summed E-state index contributed by atoms with van der Waals surface area (Å²) < 4.78 is 0. The molecule has 2 aromatic carbocycles. The van der Waals surface area contributed by atoms with Crippen molar-refractivity contribution >= 4 is 11.6 Å². The van der Waals surface area contributed by atoms with Crippen LogP contribution in [0, 0.1) is 6.92 Å². The molecule has 0 aliphatic heterocycles. The fourth-order valence-electron chi connectivity index (χ4n) is 4.49. The van der Waals surface area contributed by atoms with Gasteiger partial charge in [-0.15, -0.1) is 0 Å². The maximum Gasteiger partial charge on any atom is 0.221 e. The van der Waals surface area contributed by atoms with Crippen LogP contribution in [0.1, 0.15) is 59.8 Å². The van der Waals surface area contributed by atoms with Crippen LogP contribution in [0.25, 0.3) is 0 Å². The van der Waals surface area contributed by atoms with E-state index >= 15 is 0 Å². The smallest absolute Gasteiger partial charge is 0.221 e. The molecule has 2 aromatic rings. The van der Waals surface area contributed by atoms with Crippen molar-refractivity contribution in [2.45, 2.75) is 44.4 Å². The van der Waals surface area contributed by atoms with Gasteiger partial charge in [0.15, 0.2) is 0 Å². The van der Waals surface area contributed by atoms with Gasteiger partial charge in [-0.25, -0.2) is 0 Å². The van der Waals surface area contributed by atoms with Gasteiger partial charge in [0.25, 0.3) is 0 Å². The van der Waals surface area contributed by atoms with Gasteiger partial charge in [-0.1, -0.05) is 36.4 Å². The van der Waals surface area contributed by atoms with E-state index < -0.39 is 0 Å². The first-order chi connectivity index (χ1) is 10.6. The van der Waals surface area contributed by atoms with Crippen molar-refractivity contribution in [2.75, 3.05) is 5.32 Å². The van der Waals surface area contributed by atoms with Crippen LogP contribution in [-0.4, -0.2) is 5.91 Å². The summed E-state index contributed by atoms with van der Waals surface area (Å²) in [4.78, 5) is 11.5. The Morgan fingerprint density at radius 3 is 2.41 bits per heavy atom. The predicted octanol–water partition coefficient (Wildman–Crippen LogP) is 4.71. The molecule has 2 bridgehead atoms. The van der Waals surface area contributed by atoms with Gasteiger partial charge in [-0.05, 0) is 65.8 Å². The van der Waals surface area contributed by atoms with Crippen LogP contribution in [0.15, 0.2) is 42.5 Å². The Labute approximate surface area is 131 Å². The highest BCUT2D eigenvalue weighted by Gasteiger charge is 2.44. The third-order valence-electron chi connectivity index (χ3n) is 5.32. The zero-order chi connectivity index (χ0) is 15.3. The number of aryl methyl sites for hydroxylation is 1. The second-order valence-corrected chi connectivity index (χ2v) is 6.78. The summed E-state index contributed by atoms with van der Waals surface area (Å²) in [5.74, 6) is 1.84. The molecule has 112 valence electrons. The van der Waals surface area contributed by atoms with Crippen molar-refractivity contribution in [3.05, 3.63) is 64.7 Å². The Bertz CT molecular complexity index is 749. The second kappa shape index (κ2) is 4.98. The van der Waals surface area contributed by atoms with Gasteiger partial charge in [0.2, 0.25) is 5.91 Å². The van der Waals surface area contributed by atoms with E-state index in [-0.39, 0.29) is 5.91 Å². The van der Waals surface area contributed by atoms with E-state index in [0.717, 1.165) is 5.69 Å². The number of carbonyl (C=O) groups is 1. The van der Waals surface area contributed by atoms with Gasteiger partial charge in [0.05, 0.1) is 0 Å². The molecule has 22 heavy (non-hydrogen) atoms. The minimum absolute atomic E-state index is 0.00964. The molecule has 2 aliphatic rings. The van der Waals surface area contributed by atoms with E-state index in [4.69, 9.17) is 0 Å². The van der Waals surface area contributed by atoms with Gasteiger partial charge in [-0.2, -0.15) is 0 Å². The molecular formula is C20H21NO. The van der Waals surface area contributed by atoms with E-state index in [2.05, 4.69) is 54.7 Å². The normalized spacial score (nSPS) is 25.1. The van der Waals surface area contributed by atoms with Crippen molar-refractivity contribution in [1.29, 1.82) is 0 Å². The summed E-state index contributed by atoms with van der Waals surface area (Å²) in [6, 6.07) is 15.4. The van der Waals surface area contributed by atoms with Crippen LogP contribution in [0.2, 0.25) is 0 Å². The number of rotatable bonds is 2. The molecule has 0 spiro atoms. The average Bonchev–Trinajstić information content (AvgIpc) is 3.06. The number of benzene rings is 2. The number of fused-ring (bicyclic) bond motifs is 5. The SMILES string of the molecule is CC(=O)Nc1cc(C)ccc1[C@H]1CC2CC1c1ccccc12. The van der Waals surface area contributed by atoms with Crippen molar-refractivity contribution in [1.82, 2.24) is 0 Å². The maximum atomic E-state index is 11.5. The van der Waals surface area contributed by atoms with Crippen molar-refractivity contribution < 1.29 is 4.79 Å². The Morgan fingerprint density at radius 2 is 1.68 bits per heavy atom. The minimum Gasteiger partial charge on any atom is -0.326 e. The monoisotopic (exact) mass is 291 g/mol. The first kappa shape index (κ1) is 13.6. The summed E-state index contributed by atoms with van der Waals surface area (Å²) in [5, 5.41) is 3.04. The molecule has 1 saturated carbocycles. The lowest BCUT2D eigenvalue weighted by Crippen LogP contribution is -2.14. The van der Waals surface area contributed by atoms with Crippen LogP contribution >= 0.6 is 0 Å².